The van der Waals surface area contributed by atoms with Gasteiger partial charge in [-0.25, -0.2) is 0 Å². The van der Waals surface area contributed by atoms with Crippen LogP contribution in [-0.4, -0.2) is 42.2 Å². The van der Waals surface area contributed by atoms with Crippen LogP contribution in [0.3, 0.4) is 0 Å². The van der Waals surface area contributed by atoms with Crippen LogP contribution in [0.15, 0.2) is 36.4 Å². The molecule has 3 atom stereocenters. The molecular weight excluding hydrogens is 274 g/mol. The van der Waals surface area contributed by atoms with E-state index in [0.29, 0.717) is 0 Å². The second-order valence-electron chi connectivity index (χ2n) is 5.16. The number of ether oxygens (including phenoxy) is 1. The summed E-state index contributed by atoms with van der Waals surface area (Å²) in [7, 11) is 3.82. The van der Waals surface area contributed by atoms with E-state index in [1.165, 1.54) is 11.8 Å². The molecule has 0 aromatic heterocycles. The number of cyclic esters (lactones) is 2. The summed E-state index contributed by atoms with van der Waals surface area (Å²) in [4.78, 5) is 26.7. The molecule has 0 radical (unpaired) electrons. The number of esters is 2. The molecular formula is C15H15NO3S. The lowest BCUT2D eigenvalue weighted by atomic mass is 9.95. The quantitative estimate of drug-likeness (QED) is 0.613. The van der Waals surface area contributed by atoms with E-state index >= 15 is 0 Å². The summed E-state index contributed by atoms with van der Waals surface area (Å²) in [5.74, 6) is -1.23. The van der Waals surface area contributed by atoms with Crippen LogP contribution in [0.2, 0.25) is 0 Å². The Morgan fingerprint density at radius 3 is 2.45 bits per heavy atom. The van der Waals surface area contributed by atoms with Gasteiger partial charge in [-0.3, -0.25) is 9.59 Å². The highest BCUT2D eigenvalue weighted by molar-refractivity contribution is 8.09. The van der Waals surface area contributed by atoms with E-state index in [0.717, 1.165) is 10.5 Å². The Labute approximate surface area is 121 Å². The third-order valence-corrected chi connectivity index (χ3v) is 5.00. The average molecular weight is 289 g/mol. The predicted octanol–water partition coefficient (Wildman–Crippen LogP) is 1.77. The van der Waals surface area contributed by atoms with Crippen LogP contribution < -0.4 is 0 Å². The summed E-state index contributed by atoms with van der Waals surface area (Å²) in [6.45, 7) is 0. The first-order valence-electron chi connectivity index (χ1n) is 6.44. The molecule has 0 spiro atoms. The fourth-order valence-electron chi connectivity index (χ4n) is 2.61. The number of hydrogen-bond acceptors (Lipinski definition) is 5. The highest BCUT2D eigenvalue weighted by Crippen LogP contribution is 2.45. The number of hydrogen-bond donors (Lipinski definition) is 0. The van der Waals surface area contributed by atoms with Gasteiger partial charge in [0, 0.05) is 10.9 Å². The molecule has 3 unspecified atom stereocenters. The molecule has 1 fully saturated rings. The Kier molecular flexibility index (Phi) is 3.40. The minimum atomic E-state index is -0.435. The molecule has 4 nitrogen and oxygen atoms in total. The summed E-state index contributed by atoms with van der Waals surface area (Å²) in [5, 5.41) is -0.435. The number of carbonyl (C=O) groups is 2. The number of carbonyl (C=O) groups excluding carboxylic acids is 2. The zero-order valence-corrected chi connectivity index (χ0v) is 12.1. The Balaban J connectivity index is 2.02. The maximum Gasteiger partial charge on any atom is 0.328 e. The van der Waals surface area contributed by atoms with E-state index in [1.807, 2.05) is 49.3 Å². The molecule has 2 aliphatic rings. The van der Waals surface area contributed by atoms with Gasteiger partial charge >= 0.3 is 11.9 Å². The number of benzene rings is 1. The van der Waals surface area contributed by atoms with Crippen molar-refractivity contribution in [3.8, 4) is 0 Å². The first kappa shape index (κ1) is 13.4. The molecule has 104 valence electrons. The summed E-state index contributed by atoms with van der Waals surface area (Å²) in [6, 6.07) is 9.78. The zero-order chi connectivity index (χ0) is 14.3. The van der Waals surface area contributed by atoms with Gasteiger partial charge in [-0.1, -0.05) is 36.4 Å². The van der Waals surface area contributed by atoms with Crippen molar-refractivity contribution in [3.63, 3.8) is 0 Å². The van der Waals surface area contributed by atoms with Crippen molar-refractivity contribution in [1.29, 1.82) is 0 Å². The van der Waals surface area contributed by atoms with Gasteiger partial charge in [0.05, 0.1) is 5.92 Å². The van der Waals surface area contributed by atoms with Gasteiger partial charge in [-0.15, -0.1) is 11.8 Å². The van der Waals surface area contributed by atoms with Crippen LogP contribution in [0, 0.1) is 5.92 Å². The summed E-state index contributed by atoms with van der Waals surface area (Å²) in [5.41, 5.74) is 1.06. The molecule has 20 heavy (non-hydrogen) atoms. The summed E-state index contributed by atoms with van der Waals surface area (Å²) < 4.78 is 4.81. The lowest BCUT2D eigenvalue weighted by molar-refractivity contribution is -0.153. The Bertz CT molecular complexity index is 582. The fraction of sp³-hybridized carbons (Fsp3) is 0.333. The first-order chi connectivity index (χ1) is 9.58. The monoisotopic (exact) mass is 289 g/mol. The third-order valence-electron chi connectivity index (χ3n) is 3.63. The van der Waals surface area contributed by atoms with Gasteiger partial charge < -0.3 is 9.64 Å². The maximum absolute atomic E-state index is 11.9. The molecule has 1 saturated heterocycles. The minimum absolute atomic E-state index is 0.115. The van der Waals surface area contributed by atoms with Crippen LogP contribution in [0.1, 0.15) is 5.56 Å². The van der Waals surface area contributed by atoms with E-state index in [4.69, 9.17) is 4.74 Å². The average Bonchev–Trinajstić information content (AvgIpc) is 2.74. The van der Waals surface area contributed by atoms with Gasteiger partial charge in [-0.2, -0.15) is 0 Å². The van der Waals surface area contributed by atoms with Crippen molar-refractivity contribution in [2.75, 3.05) is 14.1 Å². The third kappa shape index (κ3) is 2.17. The van der Waals surface area contributed by atoms with Crippen molar-refractivity contribution >= 4 is 28.6 Å². The highest BCUT2D eigenvalue weighted by Gasteiger charge is 2.51. The van der Waals surface area contributed by atoms with Gasteiger partial charge in [-0.05, 0) is 19.7 Å². The van der Waals surface area contributed by atoms with Crippen LogP contribution in [0.25, 0.3) is 4.91 Å². The van der Waals surface area contributed by atoms with Gasteiger partial charge in [0.25, 0.3) is 0 Å². The Morgan fingerprint density at radius 1 is 1.10 bits per heavy atom. The number of rotatable bonds is 2. The van der Waals surface area contributed by atoms with Crippen LogP contribution in [0.4, 0.5) is 0 Å². The van der Waals surface area contributed by atoms with Crippen molar-refractivity contribution < 1.29 is 14.3 Å². The van der Waals surface area contributed by atoms with E-state index in [-0.39, 0.29) is 6.04 Å². The molecule has 3 rings (SSSR count). The number of likely N-dealkylation sites (N-methyl/N-ethyl adjacent to an activating group) is 1. The van der Waals surface area contributed by atoms with Crippen LogP contribution >= 0.6 is 11.8 Å². The van der Waals surface area contributed by atoms with Gasteiger partial charge in [0.15, 0.2) is 0 Å². The maximum atomic E-state index is 11.9. The molecule has 5 heteroatoms. The van der Waals surface area contributed by atoms with Crippen molar-refractivity contribution in [1.82, 2.24) is 4.90 Å². The van der Waals surface area contributed by atoms with Gasteiger partial charge in [0.1, 0.15) is 5.25 Å². The lowest BCUT2D eigenvalue weighted by Gasteiger charge is -2.32. The van der Waals surface area contributed by atoms with Gasteiger partial charge in [0.2, 0.25) is 0 Å². The molecule has 1 aromatic carbocycles. The van der Waals surface area contributed by atoms with Crippen molar-refractivity contribution in [2.45, 2.75) is 11.3 Å². The predicted molar refractivity (Wildman–Crippen MR) is 77.9 cm³/mol. The Hall–Kier alpha value is -1.59. The van der Waals surface area contributed by atoms with E-state index in [9.17, 15) is 9.59 Å². The number of nitrogens with zero attached hydrogens (tertiary/aromatic N) is 1. The standard InChI is InChI=1S/C15H15NO3S/c1-16(2)10-8-11(9-6-4-3-5-7-9)20-13-12(10)14(17)19-15(13)18/h3-8,10,12-13H,1-2H3. The lowest BCUT2D eigenvalue weighted by Crippen LogP contribution is -2.42. The van der Waals surface area contributed by atoms with Crippen LogP contribution in [-0.2, 0) is 14.3 Å². The summed E-state index contributed by atoms with van der Waals surface area (Å²) >= 11 is 1.43. The topological polar surface area (TPSA) is 46.6 Å². The second kappa shape index (κ2) is 5.07. The molecule has 0 N–H and O–H groups in total. The smallest absolute Gasteiger partial charge is 0.328 e. The summed E-state index contributed by atoms with van der Waals surface area (Å²) in [6.07, 6.45) is 2.06. The minimum Gasteiger partial charge on any atom is -0.392 e. The fourth-order valence-corrected chi connectivity index (χ4v) is 3.93. The van der Waals surface area contributed by atoms with E-state index in [1.54, 1.807) is 0 Å². The molecule has 0 bridgehead atoms. The molecule has 2 aliphatic heterocycles. The Morgan fingerprint density at radius 2 is 1.80 bits per heavy atom. The molecule has 0 amide bonds. The van der Waals surface area contributed by atoms with Crippen molar-refractivity contribution in [3.05, 3.63) is 42.0 Å². The van der Waals surface area contributed by atoms with E-state index in [2.05, 4.69) is 6.08 Å². The molecule has 1 aromatic rings. The highest BCUT2D eigenvalue weighted by atomic mass is 32.2. The molecule has 0 aliphatic carbocycles. The first-order valence-corrected chi connectivity index (χ1v) is 7.32. The zero-order valence-electron chi connectivity index (χ0n) is 11.3. The second-order valence-corrected chi connectivity index (χ2v) is 6.34. The van der Waals surface area contributed by atoms with Crippen LogP contribution in [0.5, 0.6) is 0 Å². The molecule has 2 heterocycles. The largest absolute Gasteiger partial charge is 0.392 e. The SMILES string of the molecule is CN(C)C1C=C(c2ccccc2)SC2C(=O)OC(=O)C21. The normalized spacial score (nSPS) is 29.1. The molecule has 0 saturated carbocycles. The number of thioether (sulfide) groups is 1. The number of fused-ring (bicyclic) bond motifs is 1. The van der Waals surface area contributed by atoms with Crippen molar-refractivity contribution in [2.24, 2.45) is 5.92 Å². The van der Waals surface area contributed by atoms with E-state index < -0.39 is 23.1 Å².